The van der Waals surface area contributed by atoms with E-state index in [1.165, 1.54) is 0 Å². The normalized spacial score (nSPS) is 11.1. The van der Waals surface area contributed by atoms with Gasteiger partial charge in [0.15, 0.2) is 0 Å². The maximum atomic E-state index is 11.5. The predicted octanol–water partition coefficient (Wildman–Crippen LogP) is 3.25. The Balaban J connectivity index is 4.59. The van der Waals surface area contributed by atoms with E-state index in [1.807, 2.05) is 19.1 Å². The minimum absolute atomic E-state index is 0.343. The Hall–Kier alpha value is -1.49. The number of carbonyl (C=O) groups is 1. The molecule has 0 aliphatic carbocycles. The van der Waals surface area contributed by atoms with Gasteiger partial charge in [-0.2, -0.15) is 0 Å². The molecule has 0 saturated heterocycles. The minimum atomic E-state index is -0.343. The van der Waals surface area contributed by atoms with E-state index in [0.717, 1.165) is 19.3 Å². The van der Waals surface area contributed by atoms with Crippen molar-refractivity contribution < 1.29 is 9.53 Å². The van der Waals surface area contributed by atoms with Crippen molar-refractivity contribution in [3.8, 4) is 11.8 Å². The zero-order valence-corrected chi connectivity index (χ0v) is 10.4. The van der Waals surface area contributed by atoms with Crippen molar-refractivity contribution in [1.82, 2.24) is 0 Å². The molecule has 0 unspecified atom stereocenters. The number of ether oxygens (including phenoxy) is 1. The first-order valence-corrected chi connectivity index (χ1v) is 5.79. The highest BCUT2D eigenvalue weighted by atomic mass is 16.5. The Morgan fingerprint density at radius 3 is 2.62 bits per heavy atom. The summed E-state index contributed by atoms with van der Waals surface area (Å²) in [4.78, 5) is 11.5. The highest BCUT2D eigenvalue weighted by Gasteiger charge is 2.05. The quantitative estimate of drug-likeness (QED) is 0.308. The van der Waals surface area contributed by atoms with Crippen LogP contribution in [0.25, 0.3) is 0 Å². The molecule has 0 aromatic heterocycles. The predicted molar refractivity (Wildman–Crippen MR) is 66.8 cm³/mol. The van der Waals surface area contributed by atoms with Gasteiger partial charge in [-0.15, -0.1) is 0 Å². The fraction of sp³-hybridized carbons (Fsp3) is 0.500. The first-order valence-electron chi connectivity index (χ1n) is 5.79. The molecule has 0 aliphatic heterocycles. The van der Waals surface area contributed by atoms with Crippen molar-refractivity contribution in [2.45, 2.75) is 40.0 Å². The molecular formula is C14H20O2. The molecule has 0 saturated carbocycles. The van der Waals surface area contributed by atoms with E-state index in [-0.39, 0.29) is 5.97 Å². The molecule has 0 aromatic rings. The van der Waals surface area contributed by atoms with Gasteiger partial charge >= 0.3 is 5.97 Å². The average molecular weight is 220 g/mol. The van der Waals surface area contributed by atoms with E-state index in [1.54, 1.807) is 13.0 Å². The summed E-state index contributed by atoms with van der Waals surface area (Å²) in [6.45, 7) is 6.22. The number of allylic oxidation sites excluding steroid dienone is 3. The van der Waals surface area contributed by atoms with E-state index in [2.05, 4.69) is 18.8 Å². The fourth-order valence-corrected chi connectivity index (χ4v) is 0.980. The fourth-order valence-electron chi connectivity index (χ4n) is 0.980. The molecule has 0 fully saturated rings. The molecule has 0 atom stereocenters. The van der Waals surface area contributed by atoms with Crippen LogP contribution in [0.1, 0.15) is 40.0 Å². The molecule has 2 nitrogen and oxygen atoms in total. The maximum absolute atomic E-state index is 11.5. The highest BCUT2D eigenvalue weighted by molar-refractivity contribution is 5.93. The molecule has 0 spiro atoms. The molecule has 0 amide bonds. The largest absolute Gasteiger partial charge is 0.462 e. The Kier molecular flexibility index (Phi) is 9.11. The second-order valence-corrected chi connectivity index (χ2v) is 3.17. The van der Waals surface area contributed by atoms with Crippen molar-refractivity contribution in [2.24, 2.45) is 0 Å². The van der Waals surface area contributed by atoms with Crippen LogP contribution >= 0.6 is 0 Å². The van der Waals surface area contributed by atoms with Crippen LogP contribution < -0.4 is 0 Å². The molecule has 0 heterocycles. The van der Waals surface area contributed by atoms with Gasteiger partial charge in [0.25, 0.3) is 0 Å². The zero-order chi connectivity index (χ0) is 12.2. The average Bonchev–Trinajstić information content (AvgIpc) is 2.28. The Morgan fingerprint density at radius 2 is 2.06 bits per heavy atom. The maximum Gasteiger partial charge on any atom is 0.346 e. The van der Waals surface area contributed by atoms with Crippen LogP contribution in [-0.4, -0.2) is 12.6 Å². The summed E-state index contributed by atoms with van der Waals surface area (Å²) in [6, 6.07) is 0. The van der Waals surface area contributed by atoms with Gasteiger partial charge in [-0.25, -0.2) is 4.79 Å². The van der Waals surface area contributed by atoms with E-state index < -0.39 is 0 Å². The standard InChI is InChI=1S/C14H20O2/c1-4-7-9-10-12-13(11-8-5-2)14(15)16-6-3/h9-10,12H,4-7H2,1-3H3/b10-9+,13-12+. The molecule has 16 heavy (non-hydrogen) atoms. The molecule has 88 valence electrons. The van der Waals surface area contributed by atoms with Crippen LogP contribution in [0.3, 0.4) is 0 Å². The van der Waals surface area contributed by atoms with Crippen LogP contribution in [0, 0.1) is 11.8 Å². The lowest BCUT2D eigenvalue weighted by molar-refractivity contribution is -0.137. The van der Waals surface area contributed by atoms with Gasteiger partial charge in [-0.05, 0) is 19.4 Å². The third-order valence-electron chi connectivity index (χ3n) is 1.75. The molecule has 0 aliphatic rings. The molecule has 0 aromatic carbocycles. The van der Waals surface area contributed by atoms with Crippen molar-refractivity contribution in [2.75, 3.05) is 6.61 Å². The third-order valence-corrected chi connectivity index (χ3v) is 1.75. The second kappa shape index (κ2) is 10.0. The number of hydrogen-bond donors (Lipinski definition) is 0. The topological polar surface area (TPSA) is 26.3 Å². The molecule has 0 rings (SSSR count). The van der Waals surface area contributed by atoms with Crippen LogP contribution in [0.4, 0.5) is 0 Å². The summed E-state index contributed by atoms with van der Waals surface area (Å²) in [6.07, 6.45) is 8.44. The van der Waals surface area contributed by atoms with Gasteiger partial charge in [0.1, 0.15) is 5.57 Å². The first kappa shape index (κ1) is 14.5. The lowest BCUT2D eigenvalue weighted by Crippen LogP contribution is -2.06. The van der Waals surface area contributed by atoms with Crippen molar-refractivity contribution >= 4 is 5.97 Å². The van der Waals surface area contributed by atoms with Gasteiger partial charge < -0.3 is 4.74 Å². The number of hydrogen-bond acceptors (Lipinski definition) is 2. The summed E-state index contributed by atoms with van der Waals surface area (Å²) >= 11 is 0. The SMILES string of the molecule is CCC#C/C(=C\C=C\CCC)C(=O)OCC. The molecule has 2 heteroatoms. The van der Waals surface area contributed by atoms with Crippen molar-refractivity contribution in [3.63, 3.8) is 0 Å². The zero-order valence-electron chi connectivity index (χ0n) is 10.4. The summed E-state index contributed by atoms with van der Waals surface area (Å²) in [5.41, 5.74) is 0.427. The van der Waals surface area contributed by atoms with Crippen LogP contribution in [0.5, 0.6) is 0 Å². The molecule has 0 radical (unpaired) electrons. The number of carbonyl (C=O) groups excluding carboxylic acids is 1. The van der Waals surface area contributed by atoms with Gasteiger partial charge in [-0.1, -0.05) is 44.3 Å². The lowest BCUT2D eigenvalue weighted by atomic mass is 10.2. The van der Waals surface area contributed by atoms with E-state index in [9.17, 15) is 4.79 Å². The Labute approximate surface area is 98.4 Å². The highest BCUT2D eigenvalue weighted by Crippen LogP contribution is 1.99. The third kappa shape index (κ3) is 6.89. The van der Waals surface area contributed by atoms with E-state index in [0.29, 0.717) is 12.2 Å². The van der Waals surface area contributed by atoms with Crippen molar-refractivity contribution in [1.29, 1.82) is 0 Å². The van der Waals surface area contributed by atoms with Gasteiger partial charge in [0.05, 0.1) is 6.61 Å². The first-order chi connectivity index (χ1) is 7.76. The second-order valence-electron chi connectivity index (χ2n) is 3.17. The smallest absolute Gasteiger partial charge is 0.346 e. The number of unbranched alkanes of at least 4 members (excludes halogenated alkanes) is 1. The van der Waals surface area contributed by atoms with Gasteiger partial charge in [0.2, 0.25) is 0 Å². The number of rotatable bonds is 5. The Bertz CT molecular complexity index is 313. The lowest BCUT2D eigenvalue weighted by Gasteiger charge is -1.98. The molecule has 0 bridgehead atoms. The summed E-state index contributed by atoms with van der Waals surface area (Å²) in [5.74, 6) is 5.35. The summed E-state index contributed by atoms with van der Waals surface area (Å²) in [7, 11) is 0. The van der Waals surface area contributed by atoms with Crippen LogP contribution in [-0.2, 0) is 9.53 Å². The van der Waals surface area contributed by atoms with E-state index >= 15 is 0 Å². The molecular weight excluding hydrogens is 200 g/mol. The monoisotopic (exact) mass is 220 g/mol. The molecule has 0 N–H and O–H groups in total. The van der Waals surface area contributed by atoms with Crippen molar-refractivity contribution in [3.05, 3.63) is 23.8 Å². The summed E-state index contributed by atoms with van der Waals surface area (Å²) in [5, 5.41) is 0. The van der Waals surface area contributed by atoms with Crippen LogP contribution in [0.15, 0.2) is 23.8 Å². The van der Waals surface area contributed by atoms with Gasteiger partial charge in [-0.3, -0.25) is 0 Å². The van der Waals surface area contributed by atoms with E-state index in [4.69, 9.17) is 4.74 Å². The Morgan fingerprint density at radius 1 is 1.31 bits per heavy atom. The van der Waals surface area contributed by atoms with Crippen LogP contribution in [0.2, 0.25) is 0 Å². The minimum Gasteiger partial charge on any atom is -0.462 e. The number of esters is 1. The van der Waals surface area contributed by atoms with Gasteiger partial charge in [0, 0.05) is 6.42 Å². The summed E-state index contributed by atoms with van der Waals surface area (Å²) < 4.78 is 4.91.